The van der Waals surface area contributed by atoms with E-state index in [-0.39, 0.29) is 0 Å². The lowest BCUT2D eigenvalue weighted by Gasteiger charge is -2.40. The molecule has 76 valence electrons. The van der Waals surface area contributed by atoms with Gasteiger partial charge in [0.25, 0.3) is 0 Å². The third kappa shape index (κ3) is 2.23. The van der Waals surface area contributed by atoms with Crippen LogP contribution in [0.3, 0.4) is 0 Å². The molecule has 2 atom stereocenters. The Morgan fingerprint density at radius 1 is 1.23 bits per heavy atom. The van der Waals surface area contributed by atoms with E-state index in [0.717, 1.165) is 18.5 Å². The van der Waals surface area contributed by atoms with E-state index >= 15 is 0 Å². The number of hydrogen-bond donors (Lipinski definition) is 1. The van der Waals surface area contributed by atoms with Crippen molar-refractivity contribution < 1.29 is 0 Å². The van der Waals surface area contributed by atoms with Crippen LogP contribution in [0.15, 0.2) is 0 Å². The summed E-state index contributed by atoms with van der Waals surface area (Å²) in [4.78, 5) is 2.67. The first-order valence-electron chi connectivity index (χ1n) is 5.77. The molecule has 2 unspecified atom stereocenters. The minimum absolute atomic E-state index is 0.685. The van der Waals surface area contributed by atoms with Crippen molar-refractivity contribution in [2.45, 2.75) is 51.1 Å². The summed E-state index contributed by atoms with van der Waals surface area (Å²) < 4.78 is 0. The topological polar surface area (TPSA) is 29.3 Å². The highest BCUT2D eigenvalue weighted by atomic mass is 15.2. The maximum Gasteiger partial charge on any atom is 0.0221 e. The fourth-order valence-corrected chi connectivity index (χ4v) is 2.52. The normalized spacial score (nSPS) is 36.5. The molecule has 0 bridgehead atoms. The molecule has 2 heteroatoms. The van der Waals surface area contributed by atoms with Crippen LogP contribution in [0.1, 0.15) is 39.0 Å². The van der Waals surface area contributed by atoms with E-state index in [1.54, 1.807) is 0 Å². The fourth-order valence-electron chi connectivity index (χ4n) is 2.52. The van der Waals surface area contributed by atoms with Gasteiger partial charge in [-0.05, 0) is 38.5 Å². The zero-order valence-corrected chi connectivity index (χ0v) is 8.71. The van der Waals surface area contributed by atoms with Gasteiger partial charge in [-0.25, -0.2) is 0 Å². The predicted molar refractivity (Wildman–Crippen MR) is 55.6 cm³/mol. The van der Waals surface area contributed by atoms with Crippen LogP contribution in [-0.4, -0.2) is 30.1 Å². The Hall–Kier alpha value is -0.0800. The monoisotopic (exact) mass is 182 g/mol. The summed E-state index contributed by atoms with van der Waals surface area (Å²) >= 11 is 0. The number of nitrogens with two attached hydrogens (primary N) is 1. The van der Waals surface area contributed by atoms with E-state index in [0.29, 0.717) is 6.04 Å². The molecule has 2 aliphatic rings. The van der Waals surface area contributed by atoms with Crippen LogP contribution in [0.4, 0.5) is 0 Å². The zero-order chi connectivity index (χ0) is 9.26. The summed E-state index contributed by atoms with van der Waals surface area (Å²) in [6, 6.07) is 1.47. The molecule has 2 rings (SSSR count). The third-order valence-corrected chi connectivity index (χ3v) is 3.63. The van der Waals surface area contributed by atoms with E-state index in [9.17, 15) is 0 Å². The number of likely N-dealkylation sites (tertiary alicyclic amines) is 1. The Balaban J connectivity index is 1.90. The zero-order valence-electron chi connectivity index (χ0n) is 8.71. The van der Waals surface area contributed by atoms with Crippen molar-refractivity contribution in [2.24, 2.45) is 11.7 Å². The summed E-state index contributed by atoms with van der Waals surface area (Å²) in [6.07, 6.45) is 7.00. The Morgan fingerprint density at radius 2 is 2.00 bits per heavy atom. The molecule has 0 aromatic rings. The van der Waals surface area contributed by atoms with Crippen LogP contribution in [0.5, 0.6) is 0 Å². The standard InChI is InChI=1S/C11H22N2/c1-9-3-2-4-11(7-12)13(9)8-10-5-6-10/h9-11H,2-8,12H2,1H3. The van der Waals surface area contributed by atoms with Crippen molar-refractivity contribution in [2.75, 3.05) is 13.1 Å². The average Bonchev–Trinajstić information content (AvgIpc) is 2.92. The molecule has 1 heterocycles. The highest BCUT2D eigenvalue weighted by molar-refractivity contribution is 4.87. The Labute approximate surface area is 81.5 Å². The number of rotatable bonds is 3. The maximum atomic E-state index is 5.81. The molecule has 2 nitrogen and oxygen atoms in total. The van der Waals surface area contributed by atoms with Crippen molar-refractivity contribution in [3.05, 3.63) is 0 Å². The van der Waals surface area contributed by atoms with Crippen LogP contribution >= 0.6 is 0 Å². The molecule has 1 saturated heterocycles. The third-order valence-electron chi connectivity index (χ3n) is 3.63. The second kappa shape index (κ2) is 3.97. The first-order chi connectivity index (χ1) is 6.31. The summed E-state index contributed by atoms with van der Waals surface area (Å²) in [5, 5.41) is 0. The SMILES string of the molecule is CC1CCCC(CN)N1CC1CC1. The van der Waals surface area contributed by atoms with Gasteiger partial charge in [-0.1, -0.05) is 6.42 Å². The van der Waals surface area contributed by atoms with E-state index in [1.807, 2.05) is 0 Å². The molecule has 13 heavy (non-hydrogen) atoms. The molecule has 0 amide bonds. The van der Waals surface area contributed by atoms with Crippen LogP contribution in [0, 0.1) is 5.92 Å². The van der Waals surface area contributed by atoms with Crippen molar-refractivity contribution in [3.63, 3.8) is 0 Å². The van der Waals surface area contributed by atoms with E-state index < -0.39 is 0 Å². The quantitative estimate of drug-likeness (QED) is 0.718. The lowest BCUT2D eigenvalue weighted by Crippen LogP contribution is -2.49. The molecule has 1 aliphatic heterocycles. The molecular formula is C11H22N2. The Morgan fingerprint density at radius 3 is 2.62 bits per heavy atom. The maximum absolute atomic E-state index is 5.81. The van der Waals surface area contributed by atoms with Gasteiger partial charge in [-0.15, -0.1) is 0 Å². The minimum atomic E-state index is 0.685. The van der Waals surface area contributed by atoms with Crippen molar-refractivity contribution >= 4 is 0 Å². The average molecular weight is 182 g/mol. The van der Waals surface area contributed by atoms with Crippen LogP contribution < -0.4 is 5.73 Å². The molecule has 2 N–H and O–H groups in total. The molecule has 0 spiro atoms. The van der Waals surface area contributed by atoms with Crippen molar-refractivity contribution in [3.8, 4) is 0 Å². The number of hydrogen-bond acceptors (Lipinski definition) is 2. The molecule has 0 aromatic carbocycles. The van der Waals surface area contributed by atoms with Crippen molar-refractivity contribution in [1.82, 2.24) is 4.90 Å². The van der Waals surface area contributed by atoms with Gasteiger partial charge in [0.2, 0.25) is 0 Å². The van der Waals surface area contributed by atoms with Gasteiger partial charge < -0.3 is 5.73 Å². The van der Waals surface area contributed by atoms with Gasteiger partial charge >= 0.3 is 0 Å². The Kier molecular flexibility index (Phi) is 2.89. The first-order valence-corrected chi connectivity index (χ1v) is 5.77. The predicted octanol–water partition coefficient (Wildman–Crippen LogP) is 1.60. The summed E-state index contributed by atoms with van der Waals surface area (Å²) in [5.74, 6) is 1.01. The summed E-state index contributed by atoms with van der Waals surface area (Å²) in [7, 11) is 0. The van der Waals surface area contributed by atoms with E-state index in [4.69, 9.17) is 5.73 Å². The largest absolute Gasteiger partial charge is 0.329 e. The van der Waals surface area contributed by atoms with Gasteiger partial charge in [0.15, 0.2) is 0 Å². The van der Waals surface area contributed by atoms with Gasteiger partial charge in [-0.2, -0.15) is 0 Å². The molecule has 0 radical (unpaired) electrons. The van der Waals surface area contributed by atoms with Gasteiger partial charge in [0.1, 0.15) is 0 Å². The molecule has 0 aromatic heterocycles. The van der Waals surface area contributed by atoms with Crippen LogP contribution in [0.2, 0.25) is 0 Å². The molecule has 2 fully saturated rings. The molecule has 1 aliphatic carbocycles. The number of piperidine rings is 1. The lowest BCUT2D eigenvalue weighted by molar-refractivity contribution is 0.0920. The van der Waals surface area contributed by atoms with Gasteiger partial charge in [0, 0.05) is 25.2 Å². The van der Waals surface area contributed by atoms with Crippen LogP contribution in [-0.2, 0) is 0 Å². The van der Waals surface area contributed by atoms with Gasteiger partial charge in [-0.3, -0.25) is 4.90 Å². The van der Waals surface area contributed by atoms with E-state index in [1.165, 1.54) is 38.6 Å². The fraction of sp³-hybridized carbons (Fsp3) is 1.00. The van der Waals surface area contributed by atoms with Crippen molar-refractivity contribution in [1.29, 1.82) is 0 Å². The smallest absolute Gasteiger partial charge is 0.0221 e. The lowest BCUT2D eigenvalue weighted by atomic mass is 9.96. The highest BCUT2D eigenvalue weighted by Gasteiger charge is 2.32. The number of nitrogens with zero attached hydrogens (tertiary/aromatic N) is 1. The molecule has 1 saturated carbocycles. The summed E-state index contributed by atoms with van der Waals surface area (Å²) in [6.45, 7) is 4.55. The molecular weight excluding hydrogens is 160 g/mol. The second-order valence-corrected chi connectivity index (χ2v) is 4.81. The summed E-state index contributed by atoms with van der Waals surface area (Å²) in [5.41, 5.74) is 5.81. The Bertz CT molecular complexity index is 165. The van der Waals surface area contributed by atoms with Crippen LogP contribution in [0.25, 0.3) is 0 Å². The van der Waals surface area contributed by atoms with Gasteiger partial charge in [0.05, 0.1) is 0 Å². The second-order valence-electron chi connectivity index (χ2n) is 4.81. The first kappa shape index (κ1) is 9.47. The highest BCUT2D eigenvalue weighted by Crippen LogP contribution is 2.33. The van der Waals surface area contributed by atoms with E-state index in [2.05, 4.69) is 11.8 Å². The minimum Gasteiger partial charge on any atom is -0.329 e.